The Labute approximate surface area is 494 Å². The molecule has 6 nitrogen and oxygen atoms in total. The smallest absolute Gasteiger partial charge is 0.305 e. The first-order valence-electron chi connectivity index (χ1n) is 36.1. The standard InChI is InChI=1S/C73H141NO5/c1-3-5-7-9-11-13-15-17-18-19-20-21-22-24-27-30-33-36-39-42-45-49-53-57-61-65-71(76)70(69-75)74-72(77)66-62-58-54-50-46-43-40-37-34-31-28-25-23-26-29-32-35-38-41-44-48-52-56-60-64-68-79-73(78)67-63-59-55-51-47-16-14-12-10-8-6-4-2/h12,14,61,65,70-71,75-76H,3-11,13,15-60,62-64,66-69H2,1-2H3,(H,74,77)/b14-12-,65-61+. The highest BCUT2D eigenvalue weighted by atomic mass is 16.5. The van der Waals surface area contributed by atoms with Crippen molar-refractivity contribution in [2.24, 2.45) is 0 Å². The Balaban J connectivity index is 3.40. The van der Waals surface area contributed by atoms with Gasteiger partial charge in [0.1, 0.15) is 0 Å². The molecule has 2 unspecified atom stereocenters. The minimum absolute atomic E-state index is 0.00663. The molecule has 0 bridgehead atoms. The van der Waals surface area contributed by atoms with Crippen LogP contribution in [0.1, 0.15) is 406 Å². The van der Waals surface area contributed by atoms with Gasteiger partial charge in [0.15, 0.2) is 0 Å². The zero-order valence-corrected chi connectivity index (χ0v) is 53.6. The van der Waals surface area contributed by atoms with Crippen LogP contribution in [0.4, 0.5) is 0 Å². The van der Waals surface area contributed by atoms with Gasteiger partial charge in [0.2, 0.25) is 5.91 Å². The van der Waals surface area contributed by atoms with Crippen LogP contribution >= 0.6 is 0 Å². The highest BCUT2D eigenvalue weighted by Crippen LogP contribution is 2.19. The van der Waals surface area contributed by atoms with E-state index in [0.717, 1.165) is 44.9 Å². The van der Waals surface area contributed by atoms with E-state index in [4.69, 9.17) is 4.74 Å². The summed E-state index contributed by atoms with van der Waals surface area (Å²) in [6.45, 7) is 4.92. The number of allylic oxidation sites excluding steroid dienone is 3. The van der Waals surface area contributed by atoms with Gasteiger partial charge in [0.05, 0.1) is 25.4 Å². The summed E-state index contributed by atoms with van der Waals surface area (Å²) in [6, 6.07) is -0.628. The summed E-state index contributed by atoms with van der Waals surface area (Å²) >= 11 is 0. The normalized spacial score (nSPS) is 12.6. The first-order valence-corrected chi connectivity index (χ1v) is 36.1. The van der Waals surface area contributed by atoms with Gasteiger partial charge in [-0.15, -0.1) is 0 Å². The number of rotatable bonds is 68. The second kappa shape index (κ2) is 68.8. The maximum absolute atomic E-state index is 12.5. The molecule has 1 amide bonds. The summed E-state index contributed by atoms with van der Waals surface area (Å²) in [7, 11) is 0. The summed E-state index contributed by atoms with van der Waals surface area (Å²) in [5, 5.41) is 23.3. The molecule has 0 saturated carbocycles. The molecule has 0 aliphatic carbocycles. The lowest BCUT2D eigenvalue weighted by Crippen LogP contribution is -2.45. The van der Waals surface area contributed by atoms with Crippen molar-refractivity contribution in [2.75, 3.05) is 13.2 Å². The fourth-order valence-electron chi connectivity index (χ4n) is 11.5. The SMILES string of the molecule is CCCCC/C=C\CCCCCCCC(=O)OCCCCCCCCCCCCCCCCCCCCCCCCCCCC(=O)NC(CO)C(O)/C=C/CCCCCCCCCCCCCCCCCCCCCCCCC. The Hall–Kier alpha value is -1.66. The second-order valence-electron chi connectivity index (χ2n) is 24.9. The molecule has 0 radical (unpaired) electrons. The van der Waals surface area contributed by atoms with E-state index in [0.29, 0.717) is 19.4 Å². The molecular formula is C73H141NO5. The predicted molar refractivity (Wildman–Crippen MR) is 347 cm³/mol. The Morgan fingerprint density at radius 2 is 0.595 bits per heavy atom. The molecule has 6 heteroatoms. The van der Waals surface area contributed by atoms with Gasteiger partial charge in [0.25, 0.3) is 0 Å². The molecule has 0 saturated heterocycles. The fourth-order valence-corrected chi connectivity index (χ4v) is 11.5. The largest absolute Gasteiger partial charge is 0.466 e. The Kier molecular flexibility index (Phi) is 67.4. The van der Waals surface area contributed by atoms with E-state index >= 15 is 0 Å². The summed E-state index contributed by atoms with van der Waals surface area (Å²) < 4.78 is 5.47. The number of hydrogen-bond acceptors (Lipinski definition) is 5. The van der Waals surface area contributed by atoms with Gasteiger partial charge in [-0.2, -0.15) is 0 Å². The average Bonchev–Trinajstić information content (AvgIpc) is 3.45. The number of esters is 1. The molecule has 0 aromatic heterocycles. The Bertz CT molecular complexity index is 1230. The minimum atomic E-state index is -0.845. The molecule has 3 N–H and O–H groups in total. The first-order chi connectivity index (χ1) is 39.0. The zero-order valence-electron chi connectivity index (χ0n) is 53.6. The molecule has 79 heavy (non-hydrogen) atoms. The lowest BCUT2D eigenvalue weighted by atomic mass is 10.0. The molecule has 0 rings (SSSR count). The number of amides is 1. The van der Waals surface area contributed by atoms with E-state index in [2.05, 4.69) is 31.3 Å². The monoisotopic (exact) mass is 1110 g/mol. The molecule has 0 fully saturated rings. The van der Waals surface area contributed by atoms with E-state index < -0.39 is 12.1 Å². The maximum atomic E-state index is 12.5. The van der Waals surface area contributed by atoms with Gasteiger partial charge in [-0.05, 0) is 57.8 Å². The van der Waals surface area contributed by atoms with Crippen molar-refractivity contribution >= 4 is 11.9 Å². The van der Waals surface area contributed by atoms with Crippen molar-refractivity contribution in [2.45, 2.75) is 418 Å². The van der Waals surface area contributed by atoms with Crippen LogP contribution in [0.3, 0.4) is 0 Å². The number of aliphatic hydroxyl groups is 2. The van der Waals surface area contributed by atoms with Crippen LogP contribution in [0.5, 0.6) is 0 Å². The third-order valence-corrected chi connectivity index (χ3v) is 17.0. The predicted octanol–water partition coefficient (Wildman–Crippen LogP) is 23.3. The van der Waals surface area contributed by atoms with Crippen LogP contribution in [0, 0.1) is 0 Å². The Morgan fingerprint density at radius 3 is 0.924 bits per heavy atom. The number of ether oxygens (including phenoxy) is 1. The lowest BCUT2D eigenvalue weighted by molar-refractivity contribution is -0.143. The van der Waals surface area contributed by atoms with E-state index in [1.165, 1.54) is 334 Å². The van der Waals surface area contributed by atoms with Crippen molar-refractivity contribution < 1.29 is 24.5 Å². The van der Waals surface area contributed by atoms with Crippen LogP contribution in [-0.4, -0.2) is 47.4 Å². The molecule has 2 atom stereocenters. The first kappa shape index (κ1) is 77.3. The molecular weight excluding hydrogens is 971 g/mol. The highest BCUT2D eigenvalue weighted by Gasteiger charge is 2.18. The molecule has 0 aliphatic rings. The molecule has 0 aromatic rings. The second-order valence-corrected chi connectivity index (χ2v) is 24.9. The fraction of sp³-hybridized carbons (Fsp3) is 0.918. The topological polar surface area (TPSA) is 95.9 Å². The number of aliphatic hydroxyl groups excluding tert-OH is 2. The highest BCUT2D eigenvalue weighted by molar-refractivity contribution is 5.76. The molecule has 0 aliphatic heterocycles. The van der Waals surface area contributed by atoms with E-state index in [-0.39, 0.29) is 18.5 Å². The van der Waals surface area contributed by atoms with Crippen LogP contribution in [-0.2, 0) is 14.3 Å². The molecule has 0 heterocycles. The van der Waals surface area contributed by atoms with Gasteiger partial charge in [-0.3, -0.25) is 9.59 Å². The van der Waals surface area contributed by atoms with Crippen LogP contribution in [0.15, 0.2) is 24.3 Å². The van der Waals surface area contributed by atoms with Gasteiger partial charge in [-0.1, -0.05) is 359 Å². The number of carbonyl (C=O) groups is 2. The average molecular weight is 1110 g/mol. The van der Waals surface area contributed by atoms with Crippen molar-refractivity contribution in [3.63, 3.8) is 0 Å². The van der Waals surface area contributed by atoms with Crippen LogP contribution in [0.25, 0.3) is 0 Å². The van der Waals surface area contributed by atoms with E-state index in [9.17, 15) is 19.8 Å². The zero-order chi connectivity index (χ0) is 57.1. The lowest BCUT2D eigenvalue weighted by Gasteiger charge is -2.20. The Morgan fingerprint density at radius 1 is 0.342 bits per heavy atom. The number of nitrogens with one attached hydrogen (secondary N) is 1. The summed E-state index contributed by atoms with van der Waals surface area (Å²) in [4.78, 5) is 24.6. The van der Waals surface area contributed by atoms with Gasteiger partial charge < -0.3 is 20.3 Å². The van der Waals surface area contributed by atoms with Crippen molar-refractivity contribution in [1.29, 1.82) is 0 Å². The summed E-state index contributed by atoms with van der Waals surface area (Å²) in [6.07, 6.45) is 86.9. The molecule has 0 spiro atoms. The molecule has 468 valence electrons. The van der Waals surface area contributed by atoms with Crippen molar-refractivity contribution in [1.82, 2.24) is 5.32 Å². The van der Waals surface area contributed by atoms with Gasteiger partial charge in [0, 0.05) is 12.8 Å². The maximum Gasteiger partial charge on any atom is 0.305 e. The quantitative estimate of drug-likeness (QED) is 0.0320. The van der Waals surface area contributed by atoms with Crippen molar-refractivity contribution in [3.05, 3.63) is 24.3 Å². The van der Waals surface area contributed by atoms with Gasteiger partial charge in [-0.25, -0.2) is 0 Å². The van der Waals surface area contributed by atoms with E-state index in [1.807, 2.05) is 6.08 Å². The summed E-state index contributed by atoms with van der Waals surface area (Å²) in [5.41, 5.74) is 0. The number of unbranched alkanes of at least 4 members (excludes halogenated alkanes) is 55. The van der Waals surface area contributed by atoms with Crippen LogP contribution in [0.2, 0.25) is 0 Å². The minimum Gasteiger partial charge on any atom is -0.466 e. The third-order valence-electron chi connectivity index (χ3n) is 17.0. The van der Waals surface area contributed by atoms with E-state index in [1.54, 1.807) is 6.08 Å². The van der Waals surface area contributed by atoms with Gasteiger partial charge >= 0.3 is 5.97 Å². The summed E-state index contributed by atoms with van der Waals surface area (Å²) in [5.74, 6) is -0.0549. The number of carbonyl (C=O) groups excluding carboxylic acids is 2. The molecule has 0 aromatic carbocycles. The third kappa shape index (κ3) is 65.4. The van der Waals surface area contributed by atoms with Crippen molar-refractivity contribution in [3.8, 4) is 0 Å². The van der Waals surface area contributed by atoms with Crippen LogP contribution < -0.4 is 5.32 Å². The number of hydrogen-bond donors (Lipinski definition) is 3.